The molecular weight excluding hydrogens is 314 g/mol. The molecule has 1 aromatic rings. The van der Waals surface area contributed by atoms with Crippen LogP contribution in [0.15, 0.2) is 23.2 Å². The van der Waals surface area contributed by atoms with Crippen molar-refractivity contribution >= 4 is 22.4 Å². The zero-order valence-corrected chi connectivity index (χ0v) is 13.9. The van der Waals surface area contributed by atoms with Gasteiger partial charge in [0, 0.05) is 24.7 Å². The highest BCUT2D eigenvalue weighted by Crippen LogP contribution is 2.26. The highest BCUT2D eigenvalue weighted by Gasteiger charge is 2.35. The van der Waals surface area contributed by atoms with Crippen molar-refractivity contribution in [3.63, 3.8) is 0 Å². The number of sulfonamides is 1. The summed E-state index contributed by atoms with van der Waals surface area (Å²) in [4.78, 5) is 4.15. The van der Waals surface area contributed by atoms with Gasteiger partial charge in [0.1, 0.15) is 4.90 Å². The number of hydrogen-bond acceptors (Lipinski definition) is 5. The quantitative estimate of drug-likeness (QED) is 0.899. The van der Waals surface area contributed by atoms with Crippen LogP contribution in [0.2, 0.25) is 0 Å². The zero-order chi connectivity index (χ0) is 14.8. The van der Waals surface area contributed by atoms with Gasteiger partial charge in [-0.1, -0.05) is 6.42 Å². The molecule has 1 fully saturated rings. The molecule has 0 radical (unpaired) electrons. The monoisotopic (exact) mass is 335 g/mol. The Hall–Kier alpha value is -0.890. The number of piperidine rings is 1. The van der Waals surface area contributed by atoms with Crippen LogP contribution in [0, 0.1) is 0 Å². The van der Waals surface area contributed by atoms with Crippen molar-refractivity contribution in [1.29, 1.82) is 0 Å². The summed E-state index contributed by atoms with van der Waals surface area (Å²) >= 11 is 0. The van der Waals surface area contributed by atoms with E-state index in [0.717, 1.165) is 19.3 Å². The smallest absolute Gasteiger partial charge is 0.244 e. The fourth-order valence-electron chi connectivity index (χ4n) is 2.53. The molecule has 2 N–H and O–H groups in total. The largest absolute Gasteiger partial charge is 0.481 e. The molecule has 0 bridgehead atoms. The molecule has 120 valence electrons. The molecule has 2 heterocycles. The van der Waals surface area contributed by atoms with Gasteiger partial charge < -0.3 is 10.5 Å². The van der Waals surface area contributed by atoms with Gasteiger partial charge in [-0.3, -0.25) is 0 Å². The second-order valence-electron chi connectivity index (χ2n) is 5.07. The van der Waals surface area contributed by atoms with Crippen LogP contribution in [0.5, 0.6) is 5.88 Å². The number of halogens is 1. The number of pyridine rings is 1. The minimum absolute atomic E-state index is 0. The van der Waals surface area contributed by atoms with Crippen LogP contribution in [0.3, 0.4) is 0 Å². The van der Waals surface area contributed by atoms with E-state index in [1.54, 1.807) is 6.07 Å². The van der Waals surface area contributed by atoms with Gasteiger partial charge in [-0.15, -0.1) is 12.4 Å². The minimum Gasteiger partial charge on any atom is -0.481 e. The van der Waals surface area contributed by atoms with Crippen LogP contribution in [0.4, 0.5) is 0 Å². The molecule has 2 rings (SSSR count). The predicted octanol–water partition coefficient (Wildman–Crippen LogP) is 1.40. The zero-order valence-electron chi connectivity index (χ0n) is 12.2. The minimum atomic E-state index is -3.55. The van der Waals surface area contributed by atoms with E-state index in [-0.39, 0.29) is 29.4 Å². The molecule has 2 unspecified atom stereocenters. The van der Waals surface area contributed by atoms with E-state index in [1.165, 1.54) is 23.7 Å². The maximum absolute atomic E-state index is 12.7. The molecule has 1 aliphatic heterocycles. The van der Waals surface area contributed by atoms with Crippen molar-refractivity contribution in [3.05, 3.63) is 18.3 Å². The van der Waals surface area contributed by atoms with Crippen molar-refractivity contribution in [3.8, 4) is 5.88 Å². The molecular formula is C13H22ClN3O3S. The van der Waals surface area contributed by atoms with E-state index < -0.39 is 10.0 Å². The van der Waals surface area contributed by atoms with Crippen LogP contribution < -0.4 is 10.5 Å². The highest BCUT2D eigenvalue weighted by atomic mass is 35.5. The van der Waals surface area contributed by atoms with Gasteiger partial charge in [0.25, 0.3) is 0 Å². The lowest BCUT2D eigenvalue weighted by Gasteiger charge is -2.36. The second kappa shape index (κ2) is 7.40. The number of aromatic nitrogens is 1. The molecule has 21 heavy (non-hydrogen) atoms. The van der Waals surface area contributed by atoms with Crippen molar-refractivity contribution in [2.24, 2.45) is 5.73 Å². The standard InChI is InChI=1S/C13H21N3O3S.ClH/c1-10(14)12-5-3-4-8-16(12)20(17,18)11-6-7-13(19-2)15-9-11;/h6-7,9-10,12H,3-5,8,14H2,1-2H3;1H. The Morgan fingerprint density at radius 2 is 2.14 bits per heavy atom. The fourth-order valence-corrected chi connectivity index (χ4v) is 4.25. The number of methoxy groups -OCH3 is 1. The van der Waals surface area contributed by atoms with Crippen LogP contribution in [0.25, 0.3) is 0 Å². The van der Waals surface area contributed by atoms with E-state index in [2.05, 4.69) is 4.98 Å². The lowest BCUT2D eigenvalue weighted by molar-refractivity contribution is 0.227. The van der Waals surface area contributed by atoms with Gasteiger partial charge in [-0.2, -0.15) is 4.31 Å². The highest BCUT2D eigenvalue weighted by molar-refractivity contribution is 7.89. The summed E-state index contributed by atoms with van der Waals surface area (Å²) in [6.07, 6.45) is 4.02. The van der Waals surface area contributed by atoms with Crippen molar-refractivity contribution < 1.29 is 13.2 Å². The second-order valence-corrected chi connectivity index (χ2v) is 6.96. The maximum atomic E-state index is 12.7. The number of nitrogens with zero attached hydrogens (tertiary/aromatic N) is 2. The number of nitrogens with two attached hydrogens (primary N) is 1. The first-order valence-corrected chi connectivity index (χ1v) is 8.18. The maximum Gasteiger partial charge on any atom is 0.244 e. The van der Waals surface area contributed by atoms with E-state index in [1.807, 2.05) is 6.92 Å². The predicted molar refractivity (Wildman–Crippen MR) is 83.2 cm³/mol. The summed E-state index contributed by atoms with van der Waals surface area (Å²) in [6.45, 7) is 2.37. The summed E-state index contributed by atoms with van der Waals surface area (Å²) in [5.41, 5.74) is 5.94. The molecule has 6 nitrogen and oxygen atoms in total. The van der Waals surface area contributed by atoms with Crippen LogP contribution in [0.1, 0.15) is 26.2 Å². The number of hydrogen-bond donors (Lipinski definition) is 1. The van der Waals surface area contributed by atoms with Gasteiger partial charge in [0.15, 0.2) is 0 Å². The first kappa shape index (κ1) is 18.2. The van der Waals surface area contributed by atoms with Gasteiger partial charge in [-0.05, 0) is 25.8 Å². The molecule has 1 aromatic heterocycles. The molecule has 0 aromatic carbocycles. The molecule has 2 atom stereocenters. The third-order valence-corrected chi connectivity index (χ3v) is 5.54. The molecule has 1 aliphatic rings. The first-order chi connectivity index (χ1) is 9.46. The Morgan fingerprint density at radius 3 is 2.67 bits per heavy atom. The molecule has 8 heteroatoms. The van der Waals surface area contributed by atoms with Gasteiger partial charge in [0.05, 0.1) is 13.3 Å². The molecule has 0 aliphatic carbocycles. The molecule has 1 saturated heterocycles. The Bertz CT molecular complexity index is 548. The third kappa shape index (κ3) is 3.85. The lowest BCUT2D eigenvalue weighted by atomic mass is 10.00. The Balaban J connectivity index is 0.00000220. The van der Waals surface area contributed by atoms with Crippen LogP contribution in [-0.4, -0.2) is 43.4 Å². The molecule has 0 saturated carbocycles. The Kier molecular flexibility index (Phi) is 6.40. The van der Waals surface area contributed by atoms with Gasteiger partial charge >= 0.3 is 0 Å². The average molecular weight is 336 g/mol. The molecule has 0 amide bonds. The SMILES string of the molecule is COc1ccc(S(=O)(=O)N2CCCCC2C(C)N)cn1.Cl. The normalized spacial score (nSPS) is 21.4. The van der Waals surface area contributed by atoms with Gasteiger partial charge in [-0.25, -0.2) is 13.4 Å². The summed E-state index contributed by atoms with van der Waals surface area (Å²) in [6, 6.07) is 2.75. The fraction of sp³-hybridized carbons (Fsp3) is 0.615. The average Bonchev–Trinajstić information content (AvgIpc) is 2.47. The summed E-state index contributed by atoms with van der Waals surface area (Å²) in [7, 11) is -2.05. The van der Waals surface area contributed by atoms with Crippen molar-refractivity contribution in [2.75, 3.05) is 13.7 Å². The molecule has 0 spiro atoms. The third-order valence-electron chi connectivity index (χ3n) is 3.63. The van der Waals surface area contributed by atoms with E-state index >= 15 is 0 Å². The topological polar surface area (TPSA) is 85.5 Å². The number of rotatable bonds is 4. The van der Waals surface area contributed by atoms with Crippen LogP contribution >= 0.6 is 12.4 Å². The summed E-state index contributed by atoms with van der Waals surface area (Å²) in [5.74, 6) is 0.395. The van der Waals surface area contributed by atoms with Gasteiger partial charge in [0.2, 0.25) is 15.9 Å². The summed E-state index contributed by atoms with van der Waals surface area (Å²) in [5, 5.41) is 0. The summed E-state index contributed by atoms with van der Waals surface area (Å²) < 4.78 is 31.8. The van der Waals surface area contributed by atoms with Crippen molar-refractivity contribution in [1.82, 2.24) is 9.29 Å². The first-order valence-electron chi connectivity index (χ1n) is 6.74. The van der Waals surface area contributed by atoms with E-state index in [9.17, 15) is 8.42 Å². The van der Waals surface area contributed by atoms with E-state index in [4.69, 9.17) is 10.5 Å². The number of ether oxygens (including phenoxy) is 1. The lowest BCUT2D eigenvalue weighted by Crippen LogP contribution is -2.51. The van der Waals surface area contributed by atoms with Crippen molar-refractivity contribution in [2.45, 2.75) is 43.2 Å². The Morgan fingerprint density at radius 1 is 1.43 bits per heavy atom. The van der Waals surface area contributed by atoms with Crippen LogP contribution in [-0.2, 0) is 10.0 Å². The Labute approximate surface area is 132 Å². The van der Waals surface area contributed by atoms with E-state index in [0.29, 0.717) is 12.4 Å².